The minimum absolute atomic E-state index is 0.0974. The number of aliphatic carboxylic acids is 1. The van der Waals surface area contributed by atoms with Gasteiger partial charge >= 0.3 is 5.97 Å². The smallest absolute Gasteiger partial charge is 0.335 e. The van der Waals surface area contributed by atoms with Crippen LogP contribution in [0.15, 0.2) is 0 Å². The van der Waals surface area contributed by atoms with E-state index in [1.54, 1.807) is 0 Å². The topological polar surface area (TPSA) is 66.8 Å². The van der Waals surface area contributed by atoms with Gasteiger partial charge in [-0.05, 0) is 6.42 Å². The van der Waals surface area contributed by atoms with Crippen LogP contribution in [0.25, 0.3) is 0 Å². The van der Waals surface area contributed by atoms with Crippen molar-refractivity contribution in [2.45, 2.75) is 44.3 Å². The third-order valence-corrected chi connectivity index (χ3v) is 2.44. The van der Waals surface area contributed by atoms with E-state index in [-0.39, 0.29) is 18.9 Å². The highest BCUT2D eigenvalue weighted by molar-refractivity contribution is 5.77. The molecule has 0 radical (unpaired) electrons. The van der Waals surface area contributed by atoms with E-state index in [0.717, 1.165) is 12.8 Å². The second kappa shape index (κ2) is 4.07. The van der Waals surface area contributed by atoms with Gasteiger partial charge in [-0.3, -0.25) is 0 Å². The second-order valence-corrected chi connectivity index (χ2v) is 3.57. The molecule has 0 aromatic carbocycles. The van der Waals surface area contributed by atoms with E-state index < -0.39 is 11.6 Å². The van der Waals surface area contributed by atoms with Gasteiger partial charge in [0.15, 0.2) is 5.60 Å². The summed E-state index contributed by atoms with van der Waals surface area (Å²) >= 11 is 0. The molecule has 0 aliphatic carbocycles. The Bertz CT molecular complexity index is 190. The number of rotatable bonds is 3. The Kier molecular flexibility index (Phi) is 3.27. The highest BCUT2D eigenvalue weighted by Crippen LogP contribution is 2.27. The first-order valence-electron chi connectivity index (χ1n) is 4.66. The van der Waals surface area contributed by atoms with Crippen molar-refractivity contribution in [3.05, 3.63) is 0 Å². The van der Waals surface area contributed by atoms with Crippen molar-refractivity contribution >= 4 is 5.97 Å². The molecule has 0 aromatic rings. The van der Waals surface area contributed by atoms with Gasteiger partial charge in [0.25, 0.3) is 0 Å². The molecule has 1 fully saturated rings. The SMILES string of the molecule is CCCC1CC(O)(C(=O)O)CCO1. The molecule has 0 aromatic heterocycles. The molecule has 1 aliphatic heterocycles. The molecule has 1 saturated heterocycles. The first-order chi connectivity index (χ1) is 6.08. The third kappa shape index (κ3) is 2.42. The second-order valence-electron chi connectivity index (χ2n) is 3.57. The van der Waals surface area contributed by atoms with Crippen molar-refractivity contribution in [1.82, 2.24) is 0 Å². The highest BCUT2D eigenvalue weighted by atomic mass is 16.5. The third-order valence-electron chi connectivity index (χ3n) is 2.44. The quantitative estimate of drug-likeness (QED) is 0.686. The Morgan fingerprint density at radius 3 is 2.92 bits per heavy atom. The van der Waals surface area contributed by atoms with E-state index in [0.29, 0.717) is 6.61 Å². The largest absolute Gasteiger partial charge is 0.479 e. The average molecular weight is 188 g/mol. The lowest BCUT2D eigenvalue weighted by Gasteiger charge is -2.33. The van der Waals surface area contributed by atoms with E-state index in [4.69, 9.17) is 9.84 Å². The molecular formula is C9H16O4. The monoisotopic (exact) mass is 188 g/mol. The molecule has 4 nitrogen and oxygen atoms in total. The summed E-state index contributed by atoms with van der Waals surface area (Å²) in [7, 11) is 0. The summed E-state index contributed by atoms with van der Waals surface area (Å²) < 4.78 is 5.34. The van der Waals surface area contributed by atoms with E-state index >= 15 is 0 Å². The summed E-state index contributed by atoms with van der Waals surface area (Å²) in [5.74, 6) is -1.13. The fourth-order valence-electron chi connectivity index (χ4n) is 1.63. The van der Waals surface area contributed by atoms with Gasteiger partial charge in [-0.1, -0.05) is 13.3 Å². The molecule has 1 heterocycles. The maximum absolute atomic E-state index is 10.7. The van der Waals surface area contributed by atoms with Gasteiger partial charge in [-0.15, -0.1) is 0 Å². The Morgan fingerprint density at radius 2 is 2.38 bits per heavy atom. The molecule has 2 N–H and O–H groups in total. The summed E-state index contributed by atoms with van der Waals surface area (Å²) in [4.78, 5) is 10.7. The van der Waals surface area contributed by atoms with Crippen LogP contribution in [0, 0.1) is 0 Å². The van der Waals surface area contributed by atoms with Gasteiger partial charge < -0.3 is 14.9 Å². The molecule has 4 heteroatoms. The molecule has 0 bridgehead atoms. The fraction of sp³-hybridized carbons (Fsp3) is 0.889. The van der Waals surface area contributed by atoms with Crippen LogP contribution in [0.3, 0.4) is 0 Å². The highest BCUT2D eigenvalue weighted by Gasteiger charge is 2.41. The van der Waals surface area contributed by atoms with Crippen molar-refractivity contribution in [3.63, 3.8) is 0 Å². The number of hydrogen-bond acceptors (Lipinski definition) is 3. The molecule has 0 spiro atoms. The molecule has 76 valence electrons. The molecule has 13 heavy (non-hydrogen) atoms. The van der Waals surface area contributed by atoms with Gasteiger partial charge in [0.2, 0.25) is 0 Å². The molecule has 0 saturated carbocycles. The Morgan fingerprint density at radius 1 is 1.69 bits per heavy atom. The normalized spacial score (nSPS) is 34.5. The summed E-state index contributed by atoms with van der Waals surface area (Å²) in [6, 6.07) is 0. The van der Waals surface area contributed by atoms with Gasteiger partial charge in [-0.2, -0.15) is 0 Å². The first kappa shape index (κ1) is 10.5. The average Bonchev–Trinajstić information content (AvgIpc) is 2.04. The minimum atomic E-state index is -1.56. The molecule has 2 atom stereocenters. The van der Waals surface area contributed by atoms with Gasteiger partial charge in [0.1, 0.15) is 0 Å². The van der Waals surface area contributed by atoms with Crippen LogP contribution in [-0.2, 0) is 9.53 Å². The van der Waals surface area contributed by atoms with Crippen LogP contribution >= 0.6 is 0 Å². The minimum Gasteiger partial charge on any atom is -0.479 e. The van der Waals surface area contributed by atoms with Crippen molar-refractivity contribution in [3.8, 4) is 0 Å². The van der Waals surface area contributed by atoms with Crippen LogP contribution in [0.1, 0.15) is 32.6 Å². The van der Waals surface area contributed by atoms with Crippen LogP contribution < -0.4 is 0 Å². The predicted octanol–water partition coefficient (Wildman–Crippen LogP) is 0.781. The number of carboxylic acids is 1. The number of carboxylic acid groups (broad SMARTS) is 1. The molecular weight excluding hydrogens is 172 g/mol. The van der Waals surface area contributed by atoms with Crippen LogP contribution in [0.5, 0.6) is 0 Å². The van der Waals surface area contributed by atoms with E-state index in [1.807, 2.05) is 6.92 Å². The maximum atomic E-state index is 10.7. The van der Waals surface area contributed by atoms with Crippen molar-refractivity contribution < 1.29 is 19.7 Å². The number of hydrogen-bond donors (Lipinski definition) is 2. The zero-order chi connectivity index (χ0) is 9.90. The molecule has 2 unspecified atom stereocenters. The zero-order valence-electron chi connectivity index (χ0n) is 7.82. The summed E-state index contributed by atoms with van der Waals surface area (Å²) in [5, 5.41) is 18.4. The standard InChI is InChI=1S/C9H16O4/c1-2-3-7-6-9(12,8(10)11)4-5-13-7/h7,12H,2-6H2,1H3,(H,10,11). The number of ether oxygens (including phenoxy) is 1. The van der Waals surface area contributed by atoms with Gasteiger partial charge in [0, 0.05) is 12.8 Å². The van der Waals surface area contributed by atoms with E-state index in [9.17, 15) is 9.90 Å². The van der Waals surface area contributed by atoms with Crippen LogP contribution in [0.4, 0.5) is 0 Å². The Balaban J connectivity index is 2.54. The Labute approximate surface area is 77.5 Å². The fourth-order valence-corrected chi connectivity index (χ4v) is 1.63. The summed E-state index contributed by atoms with van der Waals surface area (Å²) in [5.41, 5.74) is -1.56. The summed E-state index contributed by atoms with van der Waals surface area (Å²) in [6.07, 6.45) is 2.08. The molecule has 0 amide bonds. The van der Waals surface area contributed by atoms with E-state index in [2.05, 4.69) is 0 Å². The molecule has 1 rings (SSSR count). The van der Waals surface area contributed by atoms with Gasteiger partial charge in [0.05, 0.1) is 12.7 Å². The number of carbonyl (C=O) groups is 1. The Hall–Kier alpha value is -0.610. The van der Waals surface area contributed by atoms with Crippen molar-refractivity contribution in [2.24, 2.45) is 0 Å². The van der Waals surface area contributed by atoms with Crippen molar-refractivity contribution in [2.75, 3.05) is 6.61 Å². The van der Waals surface area contributed by atoms with Crippen LogP contribution in [-0.4, -0.2) is 34.5 Å². The van der Waals surface area contributed by atoms with Gasteiger partial charge in [-0.25, -0.2) is 4.79 Å². The predicted molar refractivity (Wildman–Crippen MR) is 46.5 cm³/mol. The first-order valence-corrected chi connectivity index (χ1v) is 4.66. The summed E-state index contributed by atoms with van der Waals surface area (Å²) in [6.45, 7) is 2.35. The lowest BCUT2D eigenvalue weighted by atomic mass is 9.89. The lowest BCUT2D eigenvalue weighted by molar-refractivity contribution is -0.174. The van der Waals surface area contributed by atoms with Crippen molar-refractivity contribution in [1.29, 1.82) is 0 Å². The number of aliphatic hydroxyl groups is 1. The maximum Gasteiger partial charge on any atom is 0.335 e. The zero-order valence-corrected chi connectivity index (χ0v) is 7.82. The molecule has 1 aliphatic rings. The van der Waals surface area contributed by atoms with E-state index in [1.165, 1.54) is 0 Å². The van der Waals surface area contributed by atoms with Crippen LogP contribution in [0.2, 0.25) is 0 Å². The lowest BCUT2D eigenvalue weighted by Crippen LogP contribution is -2.47.